The fraction of sp³-hybridized carbons (Fsp3) is 0.500. The molecule has 0 saturated heterocycles. The van der Waals surface area contributed by atoms with E-state index in [2.05, 4.69) is 10.5 Å². The Morgan fingerprint density at radius 3 is 2.81 bits per heavy atom. The quantitative estimate of drug-likeness (QED) is 0.662. The number of phenolic OH excluding ortho intramolecular Hbond substituents is 1. The Hall–Kier alpha value is -1.55. The van der Waals surface area contributed by atoms with E-state index in [1.165, 1.54) is 37.8 Å². The summed E-state index contributed by atoms with van der Waals surface area (Å²) in [7, 11) is 0. The summed E-state index contributed by atoms with van der Waals surface area (Å²) >= 11 is 5.75. The van der Waals surface area contributed by atoms with E-state index >= 15 is 0 Å². The van der Waals surface area contributed by atoms with Gasteiger partial charge in [0.25, 0.3) is 5.91 Å². The van der Waals surface area contributed by atoms with Crippen LogP contribution < -0.4 is 5.43 Å². The van der Waals surface area contributed by atoms with Crippen LogP contribution >= 0.6 is 11.6 Å². The summed E-state index contributed by atoms with van der Waals surface area (Å²) in [6.07, 6.45) is 5.14. The molecular weight excluding hydrogens is 288 g/mol. The second-order valence-corrected chi connectivity index (χ2v) is 6.57. The van der Waals surface area contributed by atoms with Gasteiger partial charge in [0, 0.05) is 16.7 Å². The van der Waals surface area contributed by atoms with E-state index in [0.29, 0.717) is 10.9 Å². The second-order valence-electron chi connectivity index (χ2n) is 6.14. The number of hydrogen-bond donors (Lipinski definition) is 2. The molecule has 2 N–H and O–H groups in total. The van der Waals surface area contributed by atoms with Crippen molar-refractivity contribution in [3.63, 3.8) is 0 Å². The number of benzene rings is 1. The first kappa shape index (κ1) is 14.4. The number of nitrogens with zero attached hydrogens (tertiary/aromatic N) is 1. The summed E-state index contributed by atoms with van der Waals surface area (Å²) in [5, 5.41) is 14.4. The second kappa shape index (κ2) is 5.68. The lowest BCUT2D eigenvalue weighted by molar-refractivity contribution is 0.0952. The minimum atomic E-state index is -0.410. The van der Waals surface area contributed by atoms with E-state index in [1.807, 2.05) is 6.92 Å². The van der Waals surface area contributed by atoms with Crippen molar-refractivity contribution >= 4 is 23.2 Å². The summed E-state index contributed by atoms with van der Waals surface area (Å²) in [4.78, 5) is 12.0. The Labute approximate surface area is 129 Å². The monoisotopic (exact) mass is 306 g/mol. The number of amides is 1. The lowest BCUT2D eigenvalue weighted by Crippen LogP contribution is -2.24. The lowest BCUT2D eigenvalue weighted by Gasteiger charge is -2.21. The number of rotatable bonds is 3. The van der Waals surface area contributed by atoms with Crippen LogP contribution in [0.5, 0.6) is 5.75 Å². The van der Waals surface area contributed by atoms with Crippen LogP contribution in [0.2, 0.25) is 5.02 Å². The Morgan fingerprint density at radius 1 is 1.38 bits per heavy atom. The molecule has 2 aliphatic carbocycles. The molecular formula is C16H19ClN2O2. The molecule has 4 nitrogen and oxygen atoms in total. The van der Waals surface area contributed by atoms with Crippen molar-refractivity contribution in [3.8, 4) is 5.75 Å². The highest BCUT2D eigenvalue weighted by Gasteiger charge is 2.40. The molecule has 3 atom stereocenters. The molecule has 0 spiro atoms. The predicted molar refractivity (Wildman–Crippen MR) is 82.6 cm³/mol. The summed E-state index contributed by atoms with van der Waals surface area (Å²) < 4.78 is 0. The number of aromatic hydroxyl groups is 1. The highest BCUT2D eigenvalue weighted by Crippen LogP contribution is 2.48. The first-order valence-electron chi connectivity index (χ1n) is 7.37. The summed E-state index contributed by atoms with van der Waals surface area (Å²) in [6, 6.07) is 4.42. The van der Waals surface area contributed by atoms with E-state index in [9.17, 15) is 9.90 Å². The Kier molecular flexibility index (Phi) is 3.89. The van der Waals surface area contributed by atoms with Crippen LogP contribution in [0.4, 0.5) is 0 Å². The van der Waals surface area contributed by atoms with Gasteiger partial charge in [-0.15, -0.1) is 0 Å². The Bertz CT molecular complexity index is 600. The molecule has 1 amide bonds. The van der Waals surface area contributed by atoms with Gasteiger partial charge in [0.2, 0.25) is 0 Å². The summed E-state index contributed by atoms with van der Waals surface area (Å²) in [5.74, 6) is 1.54. The van der Waals surface area contributed by atoms with Gasteiger partial charge >= 0.3 is 0 Å². The number of fused-ring (bicyclic) bond motifs is 2. The van der Waals surface area contributed by atoms with Crippen molar-refractivity contribution in [2.75, 3.05) is 0 Å². The average molecular weight is 307 g/mol. The highest BCUT2D eigenvalue weighted by molar-refractivity contribution is 6.30. The average Bonchev–Trinajstić information content (AvgIpc) is 3.07. The zero-order chi connectivity index (χ0) is 15.0. The molecule has 2 aliphatic rings. The number of carbonyl (C=O) groups excluding carboxylic acids is 1. The summed E-state index contributed by atoms with van der Waals surface area (Å²) in [5.41, 5.74) is 3.72. The van der Waals surface area contributed by atoms with Crippen molar-refractivity contribution in [1.29, 1.82) is 0 Å². The van der Waals surface area contributed by atoms with Gasteiger partial charge in [0.15, 0.2) is 0 Å². The maximum absolute atomic E-state index is 12.0. The van der Waals surface area contributed by atoms with E-state index in [-0.39, 0.29) is 11.3 Å². The molecule has 0 radical (unpaired) electrons. The number of nitrogens with one attached hydrogen (secondary N) is 1. The highest BCUT2D eigenvalue weighted by atomic mass is 35.5. The van der Waals surface area contributed by atoms with E-state index in [0.717, 1.165) is 17.5 Å². The number of hydrogen-bond acceptors (Lipinski definition) is 3. The first-order chi connectivity index (χ1) is 10.0. The summed E-state index contributed by atoms with van der Waals surface area (Å²) in [6.45, 7) is 1.98. The molecule has 0 aromatic heterocycles. The predicted octanol–water partition coefficient (Wildman–Crippen LogP) is 3.59. The number of phenols is 1. The lowest BCUT2D eigenvalue weighted by atomic mass is 9.86. The normalized spacial score (nSPS) is 27.9. The minimum Gasteiger partial charge on any atom is -0.507 e. The van der Waals surface area contributed by atoms with Gasteiger partial charge in [-0.25, -0.2) is 5.43 Å². The third-order valence-electron chi connectivity index (χ3n) is 4.81. The van der Waals surface area contributed by atoms with E-state index < -0.39 is 5.91 Å². The van der Waals surface area contributed by atoms with Crippen LogP contribution in [0.1, 0.15) is 43.0 Å². The largest absolute Gasteiger partial charge is 0.507 e. The molecule has 1 aromatic rings. The third-order valence-corrected chi connectivity index (χ3v) is 5.05. The SMILES string of the molecule is C/C(=N/NC(=O)c1ccc(Cl)cc1O)[C@H]1C[C@@H]2CC[C@@H]1C2. The molecule has 1 aromatic carbocycles. The van der Waals surface area contributed by atoms with Crippen molar-refractivity contribution < 1.29 is 9.90 Å². The molecule has 2 bridgehead atoms. The molecule has 21 heavy (non-hydrogen) atoms. The Balaban J connectivity index is 1.66. The Morgan fingerprint density at radius 2 is 2.19 bits per heavy atom. The van der Waals surface area contributed by atoms with Crippen LogP contribution in [0.15, 0.2) is 23.3 Å². The van der Waals surface area contributed by atoms with Crippen molar-refractivity contribution in [2.45, 2.75) is 32.6 Å². The number of halogens is 1. The van der Waals surface area contributed by atoms with E-state index in [4.69, 9.17) is 11.6 Å². The standard InChI is InChI=1S/C16H19ClN2O2/c1-9(14-7-10-2-3-11(14)6-10)18-19-16(21)13-5-4-12(17)8-15(13)20/h4-5,8,10-11,14,20H,2-3,6-7H2,1H3,(H,19,21)/b18-9-/t10-,11-,14-/m1/s1. The first-order valence-corrected chi connectivity index (χ1v) is 7.75. The number of hydrazone groups is 1. The fourth-order valence-electron chi connectivity index (χ4n) is 3.74. The van der Waals surface area contributed by atoms with Crippen LogP contribution in [0.25, 0.3) is 0 Å². The van der Waals surface area contributed by atoms with Crippen LogP contribution in [0, 0.1) is 17.8 Å². The minimum absolute atomic E-state index is 0.132. The maximum atomic E-state index is 12.0. The molecule has 0 unspecified atom stereocenters. The molecule has 0 heterocycles. The van der Waals surface area contributed by atoms with Gasteiger partial charge < -0.3 is 5.11 Å². The molecule has 5 heteroatoms. The van der Waals surface area contributed by atoms with Gasteiger partial charge in [-0.2, -0.15) is 5.10 Å². The third kappa shape index (κ3) is 2.91. The van der Waals surface area contributed by atoms with Gasteiger partial charge in [-0.05, 0) is 56.2 Å². The van der Waals surface area contributed by atoms with Crippen molar-refractivity contribution in [1.82, 2.24) is 5.43 Å². The van der Waals surface area contributed by atoms with Crippen LogP contribution in [-0.2, 0) is 0 Å². The fourth-order valence-corrected chi connectivity index (χ4v) is 3.90. The van der Waals surface area contributed by atoms with Gasteiger partial charge in [0.05, 0.1) is 5.56 Å². The smallest absolute Gasteiger partial charge is 0.275 e. The molecule has 2 fully saturated rings. The topological polar surface area (TPSA) is 61.7 Å². The molecule has 112 valence electrons. The van der Waals surface area contributed by atoms with Crippen LogP contribution in [-0.4, -0.2) is 16.7 Å². The zero-order valence-electron chi connectivity index (χ0n) is 12.0. The van der Waals surface area contributed by atoms with Crippen LogP contribution in [0.3, 0.4) is 0 Å². The van der Waals surface area contributed by atoms with Gasteiger partial charge in [-0.1, -0.05) is 18.0 Å². The molecule has 2 saturated carbocycles. The van der Waals surface area contributed by atoms with Gasteiger partial charge in [-0.3, -0.25) is 4.79 Å². The van der Waals surface area contributed by atoms with Crippen molar-refractivity contribution in [2.24, 2.45) is 22.9 Å². The molecule has 0 aliphatic heterocycles. The number of carbonyl (C=O) groups is 1. The van der Waals surface area contributed by atoms with Crippen molar-refractivity contribution in [3.05, 3.63) is 28.8 Å². The zero-order valence-corrected chi connectivity index (χ0v) is 12.7. The van der Waals surface area contributed by atoms with Gasteiger partial charge in [0.1, 0.15) is 5.75 Å². The van der Waals surface area contributed by atoms with E-state index in [1.54, 1.807) is 6.07 Å². The molecule has 3 rings (SSSR count). The maximum Gasteiger partial charge on any atom is 0.275 e.